The van der Waals surface area contributed by atoms with Crippen molar-refractivity contribution >= 4 is 16.2 Å². The molecule has 6 nitrogen and oxygen atoms in total. The summed E-state index contributed by atoms with van der Waals surface area (Å²) in [5.41, 5.74) is -0.904. The van der Waals surface area contributed by atoms with E-state index in [1.807, 2.05) is 0 Å². The fraction of sp³-hybridized carbons (Fsp3) is 0.900. The van der Waals surface area contributed by atoms with Gasteiger partial charge in [-0.15, -0.1) is 0 Å². The van der Waals surface area contributed by atoms with E-state index in [2.05, 4.69) is 9.44 Å². The minimum absolute atomic E-state index is 0.00954. The Labute approximate surface area is 101 Å². The zero-order chi connectivity index (χ0) is 12.5. The van der Waals surface area contributed by atoms with E-state index in [0.29, 0.717) is 12.8 Å². The van der Waals surface area contributed by atoms with E-state index in [4.69, 9.17) is 0 Å². The van der Waals surface area contributed by atoms with E-state index in [0.717, 1.165) is 25.7 Å². The van der Waals surface area contributed by atoms with Crippen LogP contribution in [0.2, 0.25) is 0 Å². The first-order valence-electron chi connectivity index (χ1n) is 5.94. The monoisotopic (exact) mass is 262 g/mol. The second kappa shape index (κ2) is 4.55. The van der Waals surface area contributed by atoms with Crippen LogP contribution in [0.1, 0.15) is 38.5 Å². The maximum absolute atomic E-state index is 11.6. The minimum atomic E-state index is -3.54. The molecule has 98 valence electrons. The first-order chi connectivity index (χ1) is 7.94. The van der Waals surface area contributed by atoms with Crippen LogP contribution in [-0.4, -0.2) is 32.1 Å². The zero-order valence-electron chi connectivity index (χ0n) is 9.61. The summed E-state index contributed by atoms with van der Waals surface area (Å²) >= 11 is 0. The number of carboxylic acid groups (broad SMARTS) is 1. The second-order valence-corrected chi connectivity index (χ2v) is 6.54. The van der Waals surface area contributed by atoms with Crippen molar-refractivity contribution in [2.24, 2.45) is 5.41 Å². The number of carboxylic acids is 1. The smallest absolute Gasteiger partial charge is 0.310 e. The van der Waals surface area contributed by atoms with Gasteiger partial charge in [0, 0.05) is 12.6 Å². The molecular weight excluding hydrogens is 244 g/mol. The number of hydrogen-bond donors (Lipinski definition) is 3. The molecule has 0 spiro atoms. The SMILES string of the molecule is O=C(O)C1(CNS(=O)(=O)NC2CC2)CCCC1. The highest BCUT2D eigenvalue weighted by atomic mass is 32.2. The molecule has 2 rings (SSSR count). The van der Waals surface area contributed by atoms with Crippen molar-refractivity contribution in [2.45, 2.75) is 44.6 Å². The van der Waals surface area contributed by atoms with Crippen molar-refractivity contribution in [3.05, 3.63) is 0 Å². The predicted octanol–water partition coefficient (Wildman–Crippen LogP) is 0.218. The first-order valence-corrected chi connectivity index (χ1v) is 7.42. The number of carbonyl (C=O) groups is 1. The molecule has 2 fully saturated rings. The Morgan fingerprint density at radius 1 is 1.29 bits per heavy atom. The molecule has 2 saturated carbocycles. The van der Waals surface area contributed by atoms with E-state index < -0.39 is 21.6 Å². The highest BCUT2D eigenvalue weighted by Gasteiger charge is 2.42. The molecule has 7 heteroatoms. The van der Waals surface area contributed by atoms with Crippen molar-refractivity contribution in [1.29, 1.82) is 0 Å². The van der Waals surface area contributed by atoms with Crippen LogP contribution in [0.5, 0.6) is 0 Å². The first kappa shape index (κ1) is 12.8. The van der Waals surface area contributed by atoms with Crippen LogP contribution in [0.3, 0.4) is 0 Å². The van der Waals surface area contributed by atoms with Crippen molar-refractivity contribution < 1.29 is 18.3 Å². The fourth-order valence-corrected chi connectivity index (χ4v) is 3.44. The minimum Gasteiger partial charge on any atom is -0.481 e. The summed E-state index contributed by atoms with van der Waals surface area (Å²) in [6, 6.07) is 0.0388. The van der Waals surface area contributed by atoms with Crippen LogP contribution in [-0.2, 0) is 15.0 Å². The fourth-order valence-electron chi connectivity index (χ4n) is 2.21. The van der Waals surface area contributed by atoms with E-state index in [-0.39, 0.29) is 12.6 Å². The van der Waals surface area contributed by atoms with Crippen LogP contribution in [0, 0.1) is 5.41 Å². The van der Waals surface area contributed by atoms with Gasteiger partial charge >= 0.3 is 5.97 Å². The summed E-state index contributed by atoms with van der Waals surface area (Å²) in [5.74, 6) is -0.899. The molecule has 17 heavy (non-hydrogen) atoms. The standard InChI is InChI=1S/C10H18N2O4S/c13-9(14)10(5-1-2-6-10)7-11-17(15,16)12-8-3-4-8/h8,11-12H,1-7H2,(H,13,14). The van der Waals surface area contributed by atoms with Gasteiger partial charge in [-0.05, 0) is 25.7 Å². The topological polar surface area (TPSA) is 95.5 Å². The van der Waals surface area contributed by atoms with Crippen LogP contribution in [0.15, 0.2) is 0 Å². The van der Waals surface area contributed by atoms with Crippen LogP contribution in [0.25, 0.3) is 0 Å². The van der Waals surface area contributed by atoms with Crippen molar-refractivity contribution in [3.63, 3.8) is 0 Å². The zero-order valence-corrected chi connectivity index (χ0v) is 10.4. The highest BCUT2D eigenvalue weighted by molar-refractivity contribution is 7.87. The number of nitrogens with one attached hydrogen (secondary N) is 2. The van der Waals surface area contributed by atoms with Gasteiger partial charge in [0.05, 0.1) is 5.41 Å². The molecule has 2 aliphatic rings. The van der Waals surface area contributed by atoms with Crippen LogP contribution >= 0.6 is 0 Å². The van der Waals surface area contributed by atoms with Crippen LogP contribution < -0.4 is 9.44 Å². The third-order valence-corrected chi connectivity index (χ3v) is 4.68. The molecule has 0 bridgehead atoms. The molecule has 0 aromatic carbocycles. The molecule has 0 unspecified atom stereocenters. The predicted molar refractivity (Wildman–Crippen MR) is 61.6 cm³/mol. The van der Waals surface area contributed by atoms with Gasteiger partial charge in [-0.1, -0.05) is 12.8 Å². The van der Waals surface area contributed by atoms with Gasteiger partial charge in [0.1, 0.15) is 0 Å². The van der Waals surface area contributed by atoms with Crippen molar-refractivity contribution in [2.75, 3.05) is 6.54 Å². The average molecular weight is 262 g/mol. The highest BCUT2D eigenvalue weighted by Crippen LogP contribution is 2.37. The van der Waals surface area contributed by atoms with E-state index >= 15 is 0 Å². The molecule has 3 N–H and O–H groups in total. The lowest BCUT2D eigenvalue weighted by Gasteiger charge is -2.23. The Morgan fingerprint density at radius 2 is 1.88 bits per heavy atom. The summed E-state index contributed by atoms with van der Waals surface area (Å²) in [4.78, 5) is 11.2. The van der Waals surface area contributed by atoms with Crippen molar-refractivity contribution in [3.8, 4) is 0 Å². The Morgan fingerprint density at radius 3 is 2.35 bits per heavy atom. The maximum atomic E-state index is 11.6. The number of hydrogen-bond acceptors (Lipinski definition) is 3. The Kier molecular flexibility index (Phi) is 3.42. The molecule has 0 aromatic rings. The van der Waals surface area contributed by atoms with Gasteiger partial charge in [0.15, 0.2) is 0 Å². The van der Waals surface area contributed by atoms with Gasteiger partial charge in [0.25, 0.3) is 10.2 Å². The number of aliphatic carboxylic acids is 1. The maximum Gasteiger partial charge on any atom is 0.310 e. The molecule has 0 radical (unpaired) electrons. The van der Waals surface area contributed by atoms with E-state index in [1.54, 1.807) is 0 Å². The molecule has 2 aliphatic carbocycles. The lowest BCUT2D eigenvalue weighted by atomic mass is 9.87. The normalized spacial score (nSPS) is 23.8. The summed E-state index contributed by atoms with van der Waals surface area (Å²) in [7, 11) is -3.54. The quantitative estimate of drug-likeness (QED) is 0.638. The molecule has 0 heterocycles. The molecule has 0 amide bonds. The summed E-state index contributed by atoms with van der Waals surface area (Å²) in [5, 5.41) is 9.20. The Bertz CT molecular complexity index is 397. The molecular formula is C10H18N2O4S. The van der Waals surface area contributed by atoms with Gasteiger partial charge in [-0.2, -0.15) is 13.1 Å². The second-order valence-electron chi connectivity index (χ2n) is 5.01. The lowest BCUT2D eigenvalue weighted by molar-refractivity contribution is -0.148. The molecule has 0 atom stereocenters. The molecule has 0 aromatic heterocycles. The third kappa shape index (κ3) is 3.17. The Balaban J connectivity index is 1.92. The van der Waals surface area contributed by atoms with E-state index in [1.165, 1.54) is 0 Å². The van der Waals surface area contributed by atoms with Gasteiger partial charge < -0.3 is 5.11 Å². The van der Waals surface area contributed by atoms with Gasteiger partial charge in [0.2, 0.25) is 0 Å². The molecule has 0 saturated heterocycles. The summed E-state index contributed by atoms with van der Waals surface area (Å²) in [6.07, 6.45) is 4.53. The average Bonchev–Trinajstić information content (AvgIpc) is 2.91. The largest absolute Gasteiger partial charge is 0.481 e. The van der Waals surface area contributed by atoms with Crippen LogP contribution in [0.4, 0.5) is 0 Å². The van der Waals surface area contributed by atoms with Crippen molar-refractivity contribution in [1.82, 2.24) is 9.44 Å². The summed E-state index contributed by atoms with van der Waals surface area (Å²) < 4.78 is 28.0. The lowest BCUT2D eigenvalue weighted by Crippen LogP contribution is -2.45. The van der Waals surface area contributed by atoms with Gasteiger partial charge in [-0.25, -0.2) is 4.72 Å². The summed E-state index contributed by atoms with van der Waals surface area (Å²) in [6.45, 7) is -0.00954. The third-order valence-electron chi connectivity index (χ3n) is 3.51. The molecule has 0 aliphatic heterocycles. The van der Waals surface area contributed by atoms with E-state index in [9.17, 15) is 18.3 Å². The number of rotatable bonds is 6. The van der Waals surface area contributed by atoms with Gasteiger partial charge in [-0.3, -0.25) is 4.79 Å². The Hall–Kier alpha value is -0.660.